The Balaban J connectivity index is 2.22. The summed E-state index contributed by atoms with van der Waals surface area (Å²) in [4.78, 5) is 34.3. The van der Waals surface area contributed by atoms with Crippen molar-refractivity contribution in [3.05, 3.63) is 49.9 Å². The van der Waals surface area contributed by atoms with Crippen molar-refractivity contribution in [1.29, 1.82) is 0 Å². The van der Waals surface area contributed by atoms with Crippen LogP contribution in [0.5, 0.6) is 6.01 Å². The molecule has 0 saturated carbocycles. The minimum atomic E-state index is -0.484. The zero-order valence-corrected chi connectivity index (χ0v) is 16.5. The fourth-order valence-corrected chi connectivity index (χ4v) is 3.00. The van der Waals surface area contributed by atoms with Gasteiger partial charge < -0.3 is 9.84 Å². The van der Waals surface area contributed by atoms with Crippen LogP contribution in [0.2, 0.25) is 5.02 Å². The van der Waals surface area contributed by atoms with Gasteiger partial charge in [-0.3, -0.25) is 23.5 Å². The molecule has 0 aromatic carbocycles. The molecule has 0 unspecified atom stereocenters. The number of hydrogen-bond acceptors (Lipinski definition) is 6. The highest BCUT2D eigenvalue weighted by molar-refractivity contribution is 6.30. The molecule has 0 spiro atoms. The zero-order chi connectivity index (χ0) is 20.3. The van der Waals surface area contributed by atoms with Gasteiger partial charge in [-0.1, -0.05) is 18.5 Å². The van der Waals surface area contributed by atoms with E-state index in [1.54, 1.807) is 23.7 Å². The quantitative estimate of drug-likeness (QED) is 0.601. The average molecular weight is 408 g/mol. The van der Waals surface area contributed by atoms with Crippen molar-refractivity contribution < 1.29 is 9.84 Å². The zero-order valence-electron chi connectivity index (χ0n) is 15.8. The molecule has 28 heavy (non-hydrogen) atoms. The summed E-state index contributed by atoms with van der Waals surface area (Å²) < 4.78 is 9.78. The number of aliphatic hydroxyl groups is 1. The Morgan fingerprint density at radius 1 is 1.25 bits per heavy atom. The fraction of sp³-hybridized carbons (Fsp3) is 0.444. The van der Waals surface area contributed by atoms with Crippen LogP contribution < -0.4 is 16.0 Å². The molecular weight excluding hydrogens is 386 g/mol. The summed E-state index contributed by atoms with van der Waals surface area (Å²) in [5.41, 5.74) is 0.208. The second-order valence-corrected chi connectivity index (χ2v) is 6.78. The Morgan fingerprint density at radius 3 is 2.68 bits per heavy atom. The Kier molecular flexibility index (Phi) is 6.15. The van der Waals surface area contributed by atoms with Gasteiger partial charge in [0.1, 0.15) is 0 Å². The van der Waals surface area contributed by atoms with Crippen molar-refractivity contribution in [3.8, 4) is 6.01 Å². The molecule has 0 aliphatic carbocycles. The van der Waals surface area contributed by atoms with Crippen LogP contribution in [0.1, 0.15) is 25.5 Å². The molecule has 0 fully saturated rings. The summed E-state index contributed by atoms with van der Waals surface area (Å²) in [5, 5.41) is 9.59. The molecule has 150 valence electrons. The molecular formula is C18H22ClN5O4. The van der Waals surface area contributed by atoms with Gasteiger partial charge in [-0.15, -0.1) is 0 Å². The highest BCUT2D eigenvalue weighted by Gasteiger charge is 2.21. The Labute approximate surface area is 165 Å². The lowest BCUT2D eigenvalue weighted by Crippen LogP contribution is -2.40. The molecule has 0 aliphatic heterocycles. The number of aromatic nitrogens is 5. The summed E-state index contributed by atoms with van der Waals surface area (Å²) >= 11 is 5.90. The fourth-order valence-electron chi connectivity index (χ4n) is 2.89. The van der Waals surface area contributed by atoms with Gasteiger partial charge in [0.15, 0.2) is 11.2 Å². The monoisotopic (exact) mass is 407 g/mol. The average Bonchev–Trinajstić information content (AvgIpc) is 3.05. The van der Waals surface area contributed by atoms with E-state index in [1.807, 2.05) is 6.92 Å². The number of halogens is 1. The van der Waals surface area contributed by atoms with Gasteiger partial charge in [0.05, 0.1) is 23.9 Å². The molecule has 3 aromatic rings. The van der Waals surface area contributed by atoms with E-state index in [0.29, 0.717) is 23.7 Å². The van der Waals surface area contributed by atoms with Crippen molar-refractivity contribution in [2.45, 2.75) is 32.9 Å². The van der Waals surface area contributed by atoms with Crippen molar-refractivity contribution in [2.24, 2.45) is 7.05 Å². The predicted octanol–water partition coefficient (Wildman–Crippen LogP) is 1.16. The number of ether oxygens (including phenoxy) is 1. The number of aliphatic hydroxyl groups excluding tert-OH is 1. The third-order valence-corrected chi connectivity index (χ3v) is 4.50. The van der Waals surface area contributed by atoms with Gasteiger partial charge in [-0.25, -0.2) is 4.79 Å². The lowest BCUT2D eigenvalue weighted by Gasteiger charge is -2.10. The normalized spacial score (nSPS) is 11.3. The first-order valence-corrected chi connectivity index (χ1v) is 9.39. The number of nitrogens with zero attached hydrogens (tertiary/aromatic N) is 5. The minimum Gasteiger partial charge on any atom is -0.465 e. The van der Waals surface area contributed by atoms with Crippen LogP contribution in [0, 0.1) is 0 Å². The molecule has 0 saturated heterocycles. The van der Waals surface area contributed by atoms with Gasteiger partial charge in [0.2, 0.25) is 0 Å². The molecule has 3 heterocycles. The van der Waals surface area contributed by atoms with E-state index in [9.17, 15) is 9.59 Å². The molecule has 0 amide bonds. The minimum absolute atomic E-state index is 0.119. The Morgan fingerprint density at radius 2 is 2.04 bits per heavy atom. The second-order valence-electron chi connectivity index (χ2n) is 6.34. The second kappa shape index (κ2) is 8.57. The molecule has 0 radical (unpaired) electrons. The first-order valence-electron chi connectivity index (χ1n) is 9.02. The number of rotatable bonds is 8. The number of imidazole rings is 1. The molecule has 3 rings (SSSR count). The molecule has 10 heteroatoms. The third-order valence-electron chi connectivity index (χ3n) is 4.28. The van der Waals surface area contributed by atoms with Crippen LogP contribution >= 0.6 is 11.6 Å². The summed E-state index contributed by atoms with van der Waals surface area (Å²) in [6, 6.07) is 3.72. The van der Waals surface area contributed by atoms with E-state index in [0.717, 1.165) is 11.0 Å². The Bertz CT molecular complexity index is 1080. The van der Waals surface area contributed by atoms with Crippen molar-refractivity contribution in [3.63, 3.8) is 0 Å². The van der Waals surface area contributed by atoms with Crippen LogP contribution in [-0.2, 0) is 20.1 Å². The van der Waals surface area contributed by atoms with Gasteiger partial charge >= 0.3 is 5.69 Å². The molecule has 3 aromatic heterocycles. The first kappa shape index (κ1) is 20.1. The molecule has 9 nitrogen and oxygen atoms in total. The van der Waals surface area contributed by atoms with E-state index < -0.39 is 11.2 Å². The summed E-state index contributed by atoms with van der Waals surface area (Å²) in [6.07, 6.45) is 2.59. The number of hydrogen-bond donors (Lipinski definition) is 1. The van der Waals surface area contributed by atoms with Gasteiger partial charge in [-0.2, -0.15) is 4.98 Å². The third kappa shape index (κ3) is 3.81. The maximum atomic E-state index is 13.1. The molecule has 0 aliphatic rings. The van der Waals surface area contributed by atoms with E-state index >= 15 is 0 Å². The van der Waals surface area contributed by atoms with Crippen molar-refractivity contribution >= 4 is 22.8 Å². The SMILES string of the molecule is CCCOc1nc2c(c(=O)n(CCCO)c(=O)n2C)n1Cc1ccc(Cl)cn1. The van der Waals surface area contributed by atoms with E-state index in [4.69, 9.17) is 21.4 Å². The molecule has 0 bridgehead atoms. The van der Waals surface area contributed by atoms with E-state index in [1.165, 1.54) is 10.8 Å². The molecule has 0 atom stereocenters. The summed E-state index contributed by atoms with van der Waals surface area (Å²) in [7, 11) is 1.56. The standard InChI is InChI=1S/C18H22ClN5O4/c1-3-9-28-17-21-15-14(24(17)11-13-6-5-12(19)10-20-13)16(26)23(7-4-8-25)18(27)22(15)2/h5-6,10,25H,3-4,7-9,11H2,1-2H3. The highest BCUT2D eigenvalue weighted by atomic mass is 35.5. The number of fused-ring (bicyclic) bond motifs is 1. The van der Waals surface area contributed by atoms with Crippen molar-refractivity contribution in [2.75, 3.05) is 13.2 Å². The van der Waals surface area contributed by atoms with Crippen molar-refractivity contribution in [1.82, 2.24) is 23.7 Å². The number of pyridine rings is 1. The summed E-state index contributed by atoms with van der Waals surface area (Å²) in [6.45, 7) is 2.62. The molecule has 1 N–H and O–H groups in total. The Hall–Kier alpha value is -2.65. The van der Waals surface area contributed by atoms with Crippen LogP contribution in [0.15, 0.2) is 27.9 Å². The van der Waals surface area contributed by atoms with Gasteiger partial charge in [-0.05, 0) is 25.0 Å². The maximum Gasteiger partial charge on any atom is 0.332 e. The highest BCUT2D eigenvalue weighted by Crippen LogP contribution is 2.20. The first-order chi connectivity index (χ1) is 13.5. The van der Waals surface area contributed by atoms with E-state index in [2.05, 4.69) is 9.97 Å². The maximum absolute atomic E-state index is 13.1. The predicted molar refractivity (Wildman–Crippen MR) is 105 cm³/mol. The van der Waals surface area contributed by atoms with Crippen LogP contribution in [0.25, 0.3) is 11.2 Å². The van der Waals surface area contributed by atoms with Crippen LogP contribution in [0.4, 0.5) is 0 Å². The lowest BCUT2D eigenvalue weighted by atomic mass is 10.3. The number of aryl methyl sites for hydroxylation is 1. The lowest BCUT2D eigenvalue weighted by molar-refractivity contribution is 0.277. The smallest absolute Gasteiger partial charge is 0.332 e. The van der Waals surface area contributed by atoms with Crippen LogP contribution in [-0.4, -0.2) is 42.0 Å². The van der Waals surface area contributed by atoms with Gasteiger partial charge in [0.25, 0.3) is 11.6 Å². The van der Waals surface area contributed by atoms with Gasteiger partial charge in [0, 0.05) is 26.4 Å². The summed E-state index contributed by atoms with van der Waals surface area (Å²) in [5.74, 6) is 0. The largest absolute Gasteiger partial charge is 0.465 e. The van der Waals surface area contributed by atoms with Crippen LogP contribution in [0.3, 0.4) is 0 Å². The topological polar surface area (TPSA) is 104 Å². The van der Waals surface area contributed by atoms with E-state index in [-0.39, 0.29) is 36.9 Å².